The van der Waals surface area contributed by atoms with Crippen molar-refractivity contribution in [3.05, 3.63) is 58.3 Å². The highest BCUT2D eigenvalue weighted by Crippen LogP contribution is 2.47. The van der Waals surface area contributed by atoms with Crippen LogP contribution in [0, 0.1) is 28.6 Å². The van der Waals surface area contributed by atoms with Crippen LogP contribution >= 0.6 is 0 Å². The van der Waals surface area contributed by atoms with E-state index in [1.165, 1.54) is 11.1 Å². The van der Waals surface area contributed by atoms with Crippen molar-refractivity contribution >= 4 is 11.4 Å². The van der Waals surface area contributed by atoms with Gasteiger partial charge in [0, 0.05) is 18.7 Å². The fourth-order valence-corrected chi connectivity index (χ4v) is 3.82. The third-order valence-corrected chi connectivity index (χ3v) is 5.50. The summed E-state index contributed by atoms with van der Waals surface area (Å²) in [5, 5.41) is 18.9. The van der Waals surface area contributed by atoms with E-state index in [0.29, 0.717) is 11.1 Å². The summed E-state index contributed by atoms with van der Waals surface area (Å²) >= 11 is 0. The van der Waals surface area contributed by atoms with Crippen molar-refractivity contribution in [2.45, 2.75) is 33.9 Å². The molecule has 4 heteroatoms. The van der Waals surface area contributed by atoms with Crippen LogP contribution in [-0.4, -0.2) is 13.2 Å². The Labute approximate surface area is 149 Å². The Morgan fingerprint density at radius 1 is 1.12 bits per heavy atom. The lowest BCUT2D eigenvalue weighted by Gasteiger charge is -2.36. The summed E-state index contributed by atoms with van der Waals surface area (Å²) in [6.45, 7) is 12.9. The summed E-state index contributed by atoms with van der Waals surface area (Å²) in [6.07, 6.45) is 2.26. The van der Waals surface area contributed by atoms with Gasteiger partial charge in [0.1, 0.15) is 18.3 Å². The Balaban J connectivity index is 2.26. The minimum atomic E-state index is 0.0387. The maximum absolute atomic E-state index is 9.61. The summed E-state index contributed by atoms with van der Waals surface area (Å²) in [6, 6.07) is 8.03. The molecule has 1 heterocycles. The van der Waals surface area contributed by atoms with E-state index in [-0.39, 0.29) is 12.1 Å². The second-order valence-corrected chi connectivity index (χ2v) is 6.86. The molecule has 0 N–H and O–H groups in total. The predicted molar refractivity (Wildman–Crippen MR) is 101 cm³/mol. The summed E-state index contributed by atoms with van der Waals surface area (Å²) < 4.78 is 0. The van der Waals surface area contributed by atoms with Gasteiger partial charge < -0.3 is 9.80 Å². The second-order valence-electron chi connectivity index (χ2n) is 6.86. The second kappa shape index (κ2) is 5.83. The highest BCUT2D eigenvalue weighted by molar-refractivity contribution is 5.87. The van der Waals surface area contributed by atoms with Gasteiger partial charge in [0.05, 0.1) is 22.5 Å². The van der Waals surface area contributed by atoms with E-state index in [1.807, 2.05) is 13.1 Å². The largest absolute Gasteiger partial charge is 0.351 e. The van der Waals surface area contributed by atoms with E-state index in [2.05, 4.69) is 62.3 Å². The molecular weight excluding hydrogens is 308 g/mol. The Hall–Kier alpha value is -2.98. The monoisotopic (exact) mass is 330 g/mol. The lowest BCUT2D eigenvalue weighted by Crippen LogP contribution is -2.40. The first-order valence-corrected chi connectivity index (χ1v) is 8.41. The number of benzene rings is 1. The molecule has 0 spiro atoms. The Morgan fingerprint density at radius 3 is 2.40 bits per heavy atom. The number of hydrogen-bond acceptors (Lipinski definition) is 4. The van der Waals surface area contributed by atoms with Gasteiger partial charge in [-0.25, -0.2) is 0 Å². The minimum absolute atomic E-state index is 0.0387. The van der Waals surface area contributed by atoms with Crippen LogP contribution in [0.1, 0.15) is 38.8 Å². The summed E-state index contributed by atoms with van der Waals surface area (Å²) in [7, 11) is 1.97. The van der Waals surface area contributed by atoms with Crippen molar-refractivity contribution in [1.82, 2.24) is 0 Å². The molecule has 0 radical (unpaired) electrons. The maximum atomic E-state index is 9.61. The molecule has 2 unspecified atom stereocenters. The summed E-state index contributed by atoms with van der Waals surface area (Å²) in [5.41, 5.74) is 7.33. The highest BCUT2D eigenvalue weighted by atomic mass is 15.4. The van der Waals surface area contributed by atoms with Crippen molar-refractivity contribution in [3.8, 4) is 12.1 Å². The fraction of sp³-hybridized carbons (Fsp3) is 0.333. The van der Waals surface area contributed by atoms with E-state index in [1.54, 1.807) is 6.07 Å². The molecule has 3 rings (SSSR count). The SMILES string of the molecule is C=C1C(N2c3ccc(C#N)c(C#N)c3N(C)C2C)=C(C)C=C(C)C1C. The number of fused-ring (bicyclic) bond motifs is 1. The topological polar surface area (TPSA) is 54.1 Å². The average Bonchev–Trinajstić information content (AvgIpc) is 2.84. The molecule has 2 atom stereocenters. The molecule has 1 aromatic rings. The Bertz CT molecular complexity index is 920. The zero-order chi connectivity index (χ0) is 18.5. The van der Waals surface area contributed by atoms with E-state index in [9.17, 15) is 10.5 Å². The van der Waals surface area contributed by atoms with Crippen LogP contribution < -0.4 is 9.80 Å². The molecule has 0 amide bonds. The first kappa shape index (κ1) is 16.9. The normalized spacial score (nSPS) is 22.5. The number of allylic oxidation sites excluding steroid dienone is 4. The lowest BCUT2D eigenvalue weighted by molar-refractivity contribution is 0.685. The van der Waals surface area contributed by atoms with Crippen molar-refractivity contribution < 1.29 is 0 Å². The Morgan fingerprint density at radius 2 is 1.80 bits per heavy atom. The van der Waals surface area contributed by atoms with Gasteiger partial charge in [0.2, 0.25) is 0 Å². The molecule has 0 aromatic heterocycles. The molecule has 0 fully saturated rings. The minimum Gasteiger partial charge on any atom is -0.351 e. The van der Waals surface area contributed by atoms with E-state index >= 15 is 0 Å². The molecule has 1 aliphatic carbocycles. The van der Waals surface area contributed by atoms with Crippen molar-refractivity contribution in [2.24, 2.45) is 5.92 Å². The number of hydrogen-bond donors (Lipinski definition) is 0. The predicted octanol–water partition coefficient (Wildman–Crippen LogP) is 4.46. The van der Waals surface area contributed by atoms with Gasteiger partial charge in [-0.3, -0.25) is 0 Å². The third-order valence-electron chi connectivity index (χ3n) is 5.50. The third kappa shape index (κ3) is 2.26. The van der Waals surface area contributed by atoms with Crippen LogP contribution in [0.3, 0.4) is 0 Å². The molecular formula is C21H22N4. The zero-order valence-electron chi connectivity index (χ0n) is 15.4. The molecule has 4 nitrogen and oxygen atoms in total. The lowest BCUT2D eigenvalue weighted by atomic mass is 9.84. The first-order chi connectivity index (χ1) is 11.8. The van der Waals surface area contributed by atoms with Gasteiger partial charge in [-0.2, -0.15) is 10.5 Å². The quantitative estimate of drug-likeness (QED) is 0.763. The first-order valence-electron chi connectivity index (χ1n) is 8.41. The highest BCUT2D eigenvalue weighted by Gasteiger charge is 2.38. The van der Waals surface area contributed by atoms with Crippen molar-refractivity contribution in [2.75, 3.05) is 16.8 Å². The molecule has 0 bridgehead atoms. The fourth-order valence-electron chi connectivity index (χ4n) is 3.82. The smallest absolute Gasteiger partial charge is 0.103 e. The summed E-state index contributed by atoms with van der Waals surface area (Å²) in [5.74, 6) is 0.286. The van der Waals surface area contributed by atoms with Gasteiger partial charge in [-0.15, -0.1) is 0 Å². The molecule has 0 saturated carbocycles. The average molecular weight is 330 g/mol. The van der Waals surface area contributed by atoms with Crippen LogP contribution in [0.15, 0.2) is 47.2 Å². The van der Waals surface area contributed by atoms with Gasteiger partial charge in [-0.1, -0.05) is 25.2 Å². The van der Waals surface area contributed by atoms with Crippen LogP contribution in [0.25, 0.3) is 0 Å². The van der Waals surface area contributed by atoms with E-state index in [0.717, 1.165) is 22.6 Å². The van der Waals surface area contributed by atoms with Gasteiger partial charge in [-0.05, 0) is 44.1 Å². The number of anilines is 2. The van der Waals surface area contributed by atoms with Crippen molar-refractivity contribution in [1.29, 1.82) is 10.5 Å². The number of rotatable bonds is 1. The van der Waals surface area contributed by atoms with E-state index < -0.39 is 0 Å². The zero-order valence-corrected chi connectivity index (χ0v) is 15.4. The van der Waals surface area contributed by atoms with Crippen LogP contribution in [0.4, 0.5) is 11.4 Å². The van der Waals surface area contributed by atoms with Crippen LogP contribution in [0.2, 0.25) is 0 Å². The summed E-state index contributed by atoms with van der Waals surface area (Å²) in [4.78, 5) is 4.31. The van der Waals surface area contributed by atoms with Crippen molar-refractivity contribution in [3.63, 3.8) is 0 Å². The molecule has 2 aliphatic rings. The van der Waals surface area contributed by atoms with Gasteiger partial charge in [0.15, 0.2) is 0 Å². The Kier molecular flexibility index (Phi) is 3.93. The van der Waals surface area contributed by atoms with Gasteiger partial charge >= 0.3 is 0 Å². The van der Waals surface area contributed by atoms with Gasteiger partial charge in [0.25, 0.3) is 0 Å². The van der Waals surface area contributed by atoms with Crippen LogP contribution in [0.5, 0.6) is 0 Å². The number of nitrogens with zero attached hydrogens (tertiary/aromatic N) is 4. The maximum Gasteiger partial charge on any atom is 0.103 e. The molecule has 1 aliphatic heterocycles. The van der Waals surface area contributed by atoms with E-state index in [4.69, 9.17) is 0 Å². The molecule has 25 heavy (non-hydrogen) atoms. The molecule has 1 aromatic carbocycles. The standard InChI is InChI=1S/C21H22N4/c1-12-9-13(2)20(15(4)14(12)3)25-16(5)24(6)21-18(11-23)17(10-22)7-8-19(21)25/h7-9,14,16H,4H2,1-3,5-6H3. The molecule has 0 saturated heterocycles. The number of nitriles is 2. The van der Waals surface area contributed by atoms with Crippen LogP contribution in [-0.2, 0) is 0 Å². The molecule has 126 valence electrons.